The summed E-state index contributed by atoms with van der Waals surface area (Å²) < 4.78 is 4.99. The van der Waals surface area contributed by atoms with Gasteiger partial charge >= 0.3 is 11.8 Å². The molecular weight excluding hydrogens is 324 g/mol. The van der Waals surface area contributed by atoms with E-state index in [1.54, 1.807) is 13.8 Å². The fraction of sp³-hybridized carbons (Fsp3) is 0.308. The normalized spacial score (nSPS) is 10.4. The number of thiophene rings is 1. The minimum atomic E-state index is -0.687. The van der Waals surface area contributed by atoms with Gasteiger partial charge in [-0.3, -0.25) is 4.79 Å². The number of hydrogen-bond acceptors (Lipinski definition) is 7. The Morgan fingerprint density at radius 1 is 1.48 bits per heavy atom. The molecule has 0 unspecified atom stereocenters. The van der Waals surface area contributed by atoms with Gasteiger partial charge in [-0.1, -0.05) is 5.10 Å². The highest BCUT2D eigenvalue weighted by molar-refractivity contribution is 7.16. The molecule has 1 amide bonds. The molecule has 2 N–H and O–H groups in total. The second-order valence-corrected chi connectivity index (χ2v) is 5.78. The SMILES string of the molecule is CCOC(=O)c1c(NC(=O)c2cc([N+](=O)[O-])[nH]n2)sc(C)c1C. The topological polar surface area (TPSA) is 127 Å². The zero-order chi connectivity index (χ0) is 17.1. The molecule has 0 saturated carbocycles. The molecule has 23 heavy (non-hydrogen) atoms. The van der Waals surface area contributed by atoms with Gasteiger partial charge in [0.15, 0.2) is 5.69 Å². The standard InChI is InChI=1S/C13H14N4O5S/c1-4-22-13(19)10-6(2)7(3)23-12(10)14-11(18)8-5-9(16-15-8)17(20)21/h5H,4H2,1-3H3,(H,14,18)(H,15,16). The third-order valence-corrected chi connectivity index (χ3v) is 4.21. The molecule has 2 rings (SSSR count). The summed E-state index contributed by atoms with van der Waals surface area (Å²) in [7, 11) is 0. The highest BCUT2D eigenvalue weighted by atomic mass is 32.1. The molecule has 0 aliphatic rings. The van der Waals surface area contributed by atoms with E-state index < -0.39 is 16.8 Å². The zero-order valence-electron chi connectivity index (χ0n) is 12.6. The Kier molecular flexibility index (Phi) is 4.74. The van der Waals surface area contributed by atoms with Gasteiger partial charge in [0, 0.05) is 4.88 Å². The molecule has 2 aromatic heterocycles. The maximum atomic E-state index is 12.1. The minimum Gasteiger partial charge on any atom is -0.462 e. The van der Waals surface area contributed by atoms with Gasteiger partial charge in [0.25, 0.3) is 5.91 Å². The quantitative estimate of drug-likeness (QED) is 0.489. The number of hydrogen-bond donors (Lipinski definition) is 2. The Morgan fingerprint density at radius 3 is 2.74 bits per heavy atom. The van der Waals surface area contributed by atoms with Gasteiger partial charge in [0.1, 0.15) is 5.00 Å². The third-order valence-electron chi connectivity index (χ3n) is 3.09. The molecule has 122 valence electrons. The Balaban J connectivity index is 2.28. The van der Waals surface area contributed by atoms with Crippen molar-refractivity contribution < 1.29 is 19.2 Å². The maximum absolute atomic E-state index is 12.1. The van der Waals surface area contributed by atoms with Crippen molar-refractivity contribution in [3.63, 3.8) is 0 Å². The molecule has 9 nitrogen and oxygen atoms in total. The van der Waals surface area contributed by atoms with E-state index in [0.717, 1.165) is 16.5 Å². The van der Waals surface area contributed by atoms with E-state index >= 15 is 0 Å². The highest BCUT2D eigenvalue weighted by Crippen LogP contribution is 2.33. The Morgan fingerprint density at radius 2 is 2.17 bits per heavy atom. The number of amides is 1. The first-order chi connectivity index (χ1) is 10.8. The number of nitro groups is 1. The van der Waals surface area contributed by atoms with Crippen LogP contribution >= 0.6 is 11.3 Å². The molecule has 0 saturated heterocycles. The fourth-order valence-corrected chi connectivity index (χ4v) is 2.90. The van der Waals surface area contributed by atoms with Crippen LogP contribution in [0.4, 0.5) is 10.8 Å². The second kappa shape index (κ2) is 6.57. The van der Waals surface area contributed by atoms with E-state index in [1.807, 2.05) is 6.92 Å². The molecule has 0 radical (unpaired) electrons. The number of aromatic nitrogens is 2. The van der Waals surface area contributed by atoms with Crippen molar-refractivity contribution in [1.29, 1.82) is 0 Å². The Bertz CT molecular complexity index is 779. The van der Waals surface area contributed by atoms with Crippen LogP contribution in [0.5, 0.6) is 0 Å². The molecule has 2 aromatic rings. The van der Waals surface area contributed by atoms with Crippen LogP contribution in [0.15, 0.2) is 6.07 Å². The molecule has 0 fully saturated rings. The Hall–Kier alpha value is -2.75. The number of aromatic amines is 1. The molecule has 10 heteroatoms. The van der Waals surface area contributed by atoms with E-state index in [4.69, 9.17) is 4.74 Å². The number of rotatable bonds is 5. The van der Waals surface area contributed by atoms with Gasteiger partial charge in [0.05, 0.1) is 18.2 Å². The van der Waals surface area contributed by atoms with Gasteiger partial charge in [-0.05, 0) is 31.3 Å². The van der Waals surface area contributed by atoms with Crippen LogP contribution < -0.4 is 5.32 Å². The highest BCUT2D eigenvalue weighted by Gasteiger charge is 2.24. The molecule has 0 aromatic carbocycles. The number of carbonyl (C=O) groups excluding carboxylic acids is 2. The van der Waals surface area contributed by atoms with Crippen molar-refractivity contribution in [2.75, 3.05) is 11.9 Å². The van der Waals surface area contributed by atoms with Crippen LogP contribution in [0.1, 0.15) is 38.2 Å². The molecule has 0 atom stereocenters. The summed E-state index contributed by atoms with van der Waals surface area (Å²) >= 11 is 1.23. The number of aryl methyl sites for hydroxylation is 1. The monoisotopic (exact) mass is 338 g/mol. The lowest BCUT2D eigenvalue weighted by molar-refractivity contribution is -0.389. The van der Waals surface area contributed by atoms with Crippen molar-refractivity contribution in [2.45, 2.75) is 20.8 Å². The van der Waals surface area contributed by atoms with Crippen LogP contribution in [0.25, 0.3) is 0 Å². The summed E-state index contributed by atoms with van der Waals surface area (Å²) in [5.74, 6) is -1.57. The average Bonchev–Trinajstić information content (AvgIpc) is 3.06. The first-order valence-corrected chi connectivity index (χ1v) is 7.45. The maximum Gasteiger partial charge on any atom is 0.343 e. The van der Waals surface area contributed by atoms with Crippen molar-refractivity contribution in [2.24, 2.45) is 0 Å². The van der Waals surface area contributed by atoms with Crippen molar-refractivity contribution >= 4 is 34.0 Å². The smallest absolute Gasteiger partial charge is 0.343 e. The van der Waals surface area contributed by atoms with Crippen molar-refractivity contribution in [3.8, 4) is 0 Å². The number of H-pyrrole nitrogens is 1. The van der Waals surface area contributed by atoms with Crippen molar-refractivity contribution in [3.05, 3.63) is 37.9 Å². The van der Waals surface area contributed by atoms with Crippen LogP contribution in [-0.2, 0) is 4.74 Å². The molecule has 0 spiro atoms. The molecular formula is C13H14N4O5S. The predicted molar refractivity (Wildman–Crippen MR) is 82.9 cm³/mol. The largest absolute Gasteiger partial charge is 0.462 e. The van der Waals surface area contributed by atoms with Crippen LogP contribution in [0.3, 0.4) is 0 Å². The van der Waals surface area contributed by atoms with Crippen LogP contribution in [-0.4, -0.2) is 33.6 Å². The van der Waals surface area contributed by atoms with Gasteiger partial charge in [-0.15, -0.1) is 16.4 Å². The number of nitrogens with one attached hydrogen (secondary N) is 2. The molecule has 0 aliphatic heterocycles. The van der Waals surface area contributed by atoms with E-state index in [9.17, 15) is 19.7 Å². The van der Waals surface area contributed by atoms with E-state index in [-0.39, 0.29) is 23.7 Å². The average molecular weight is 338 g/mol. The van der Waals surface area contributed by atoms with Gasteiger partial charge in [-0.25, -0.2) is 4.79 Å². The molecule has 0 bridgehead atoms. The summed E-state index contributed by atoms with van der Waals surface area (Å²) in [6.45, 7) is 5.48. The van der Waals surface area contributed by atoms with Crippen molar-refractivity contribution in [1.82, 2.24) is 10.2 Å². The van der Waals surface area contributed by atoms with Gasteiger partial charge < -0.3 is 20.2 Å². The van der Waals surface area contributed by atoms with Crippen LogP contribution in [0.2, 0.25) is 0 Å². The first kappa shape index (κ1) is 16.6. The zero-order valence-corrected chi connectivity index (χ0v) is 13.4. The Labute approximate surface area is 134 Å². The number of anilines is 1. The van der Waals surface area contributed by atoms with E-state index in [0.29, 0.717) is 5.00 Å². The van der Waals surface area contributed by atoms with E-state index in [1.165, 1.54) is 11.3 Å². The number of ether oxygens (including phenoxy) is 1. The number of carbonyl (C=O) groups is 2. The van der Waals surface area contributed by atoms with Gasteiger partial charge in [-0.2, -0.15) is 0 Å². The summed E-state index contributed by atoms with van der Waals surface area (Å²) in [5, 5.41) is 19.2. The first-order valence-electron chi connectivity index (χ1n) is 6.63. The lowest BCUT2D eigenvalue weighted by atomic mass is 10.1. The molecule has 2 heterocycles. The fourth-order valence-electron chi connectivity index (χ4n) is 1.85. The summed E-state index contributed by atoms with van der Waals surface area (Å²) in [5.41, 5.74) is 0.861. The van der Waals surface area contributed by atoms with Gasteiger partial charge in [0.2, 0.25) is 0 Å². The number of esters is 1. The number of nitrogens with zero attached hydrogens (tertiary/aromatic N) is 2. The summed E-state index contributed by atoms with van der Waals surface area (Å²) in [4.78, 5) is 34.9. The minimum absolute atomic E-state index is 0.143. The van der Waals surface area contributed by atoms with E-state index in [2.05, 4.69) is 15.5 Å². The summed E-state index contributed by atoms with van der Waals surface area (Å²) in [6, 6.07) is 1.02. The summed E-state index contributed by atoms with van der Waals surface area (Å²) in [6.07, 6.45) is 0. The molecule has 0 aliphatic carbocycles. The lowest BCUT2D eigenvalue weighted by Gasteiger charge is -2.05. The second-order valence-electron chi connectivity index (χ2n) is 4.56. The lowest BCUT2D eigenvalue weighted by Crippen LogP contribution is -2.15. The predicted octanol–water partition coefficient (Wildman–Crippen LogP) is 2.43. The third kappa shape index (κ3) is 3.37. The van der Waals surface area contributed by atoms with Crippen LogP contribution in [0, 0.1) is 24.0 Å².